The van der Waals surface area contributed by atoms with Crippen molar-refractivity contribution in [1.82, 2.24) is 25.3 Å². The number of hydrogen-bond donors (Lipinski definition) is 1. The molecule has 0 aliphatic heterocycles. The molecule has 1 N–H and O–H groups in total. The number of nitrogens with one attached hydrogen (secondary N) is 1. The summed E-state index contributed by atoms with van der Waals surface area (Å²) in [6.45, 7) is 3.94. The Bertz CT molecular complexity index is 1250. The number of nitrogens with zero attached hydrogens (tertiary/aromatic N) is 4. The highest BCUT2D eigenvalue weighted by molar-refractivity contribution is 7.13. The Hall–Kier alpha value is -3.39. The fourth-order valence-corrected chi connectivity index (χ4v) is 3.80. The van der Waals surface area contributed by atoms with E-state index in [0.717, 1.165) is 26.5 Å². The Labute approximate surface area is 171 Å². The zero-order valence-corrected chi connectivity index (χ0v) is 16.8. The van der Waals surface area contributed by atoms with Gasteiger partial charge < -0.3 is 5.32 Å². The van der Waals surface area contributed by atoms with Crippen molar-refractivity contribution in [2.24, 2.45) is 0 Å². The lowest BCUT2D eigenvalue weighted by molar-refractivity contribution is -0.124. The summed E-state index contributed by atoms with van der Waals surface area (Å²) in [5, 5.41) is 14.2. The fourth-order valence-electron chi connectivity index (χ4n) is 3.00. The molecule has 0 aliphatic carbocycles. The smallest absolute Gasteiger partial charge is 0.278 e. The summed E-state index contributed by atoms with van der Waals surface area (Å²) >= 11 is 1.59. The molecule has 2 heterocycles. The number of fused-ring (bicyclic) bond motifs is 1. The van der Waals surface area contributed by atoms with Crippen molar-refractivity contribution in [2.75, 3.05) is 0 Å². The minimum absolute atomic E-state index is 0.299. The number of benzene rings is 2. The third-order valence-corrected chi connectivity index (χ3v) is 5.61. The zero-order chi connectivity index (χ0) is 20.4. The van der Waals surface area contributed by atoms with E-state index in [1.807, 2.05) is 36.6 Å². The van der Waals surface area contributed by atoms with Crippen molar-refractivity contribution in [2.45, 2.75) is 26.4 Å². The maximum atomic E-state index is 12.6. The maximum absolute atomic E-state index is 12.6. The van der Waals surface area contributed by atoms with Crippen LogP contribution in [0.3, 0.4) is 0 Å². The molecule has 29 heavy (non-hydrogen) atoms. The molecule has 4 rings (SSSR count). The van der Waals surface area contributed by atoms with Gasteiger partial charge in [0.2, 0.25) is 5.91 Å². The van der Waals surface area contributed by atoms with Crippen LogP contribution in [0.15, 0.2) is 58.7 Å². The normalized spacial score (nSPS) is 12.1. The number of carbonyl (C=O) groups excluding carboxylic acids is 1. The van der Waals surface area contributed by atoms with E-state index in [1.165, 1.54) is 0 Å². The Morgan fingerprint density at radius 2 is 2.03 bits per heavy atom. The molecule has 1 atom stereocenters. The minimum Gasteiger partial charge on any atom is -0.350 e. The predicted octanol–water partition coefficient (Wildman–Crippen LogP) is 3.10. The van der Waals surface area contributed by atoms with Crippen LogP contribution in [0, 0.1) is 6.92 Å². The number of aryl methyl sites for hydroxylation is 1. The largest absolute Gasteiger partial charge is 0.350 e. The van der Waals surface area contributed by atoms with Crippen LogP contribution in [0.25, 0.3) is 21.5 Å². The van der Waals surface area contributed by atoms with Crippen molar-refractivity contribution in [3.63, 3.8) is 0 Å². The van der Waals surface area contributed by atoms with Gasteiger partial charge in [-0.25, -0.2) is 4.98 Å². The second kappa shape index (κ2) is 7.92. The van der Waals surface area contributed by atoms with Gasteiger partial charge >= 0.3 is 0 Å². The average Bonchev–Trinajstić information content (AvgIpc) is 3.18. The van der Waals surface area contributed by atoms with Gasteiger partial charge in [0.05, 0.1) is 5.39 Å². The van der Waals surface area contributed by atoms with Crippen molar-refractivity contribution in [3.8, 4) is 10.6 Å². The highest BCUT2D eigenvalue weighted by Crippen LogP contribution is 2.24. The molecule has 0 saturated carbocycles. The standard InChI is InChI=1S/C21H19N5O2S/c1-13-12-29-20(23-13)16-7-5-6-15(10-16)11-22-19(27)14(2)26-21(28)17-8-3-4-9-18(17)24-25-26/h3-10,12,14H,11H2,1-2H3,(H,22,27)/t14-/m1/s1. The molecular weight excluding hydrogens is 386 g/mol. The van der Waals surface area contributed by atoms with Gasteiger partial charge in [-0.1, -0.05) is 35.5 Å². The average molecular weight is 405 g/mol. The topological polar surface area (TPSA) is 89.8 Å². The fraction of sp³-hybridized carbons (Fsp3) is 0.190. The van der Waals surface area contributed by atoms with Gasteiger partial charge in [0.15, 0.2) is 0 Å². The van der Waals surface area contributed by atoms with Crippen LogP contribution in [0.1, 0.15) is 24.2 Å². The summed E-state index contributed by atoms with van der Waals surface area (Å²) < 4.78 is 1.12. The van der Waals surface area contributed by atoms with E-state index in [0.29, 0.717) is 17.4 Å². The highest BCUT2D eigenvalue weighted by atomic mass is 32.1. The first-order valence-electron chi connectivity index (χ1n) is 9.16. The lowest BCUT2D eigenvalue weighted by Crippen LogP contribution is -2.37. The number of amides is 1. The van der Waals surface area contributed by atoms with Gasteiger partial charge in [0.1, 0.15) is 16.6 Å². The molecular formula is C21H19N5O2S. The van der Waals surface area contributed by atoms with Crippen molar-refractivity contribution in [1.29, 1.82) is 0 Å². The quantitative estimate of drug-likeness (QED) is 0.551. The van der Waals surface area contributed by atoms with E-state index in [9.17, 15) is 9.59 Å². The Kier molecular flexibility index (Phi) is 5.18. The summed E-state index contributed by atoms with van der Waals surface area (Å²) in [4.78, 5) is 29.7. The molecule has 4 aromatic rings. The van der Waals surface area contributed by atoms with Gasteiger partial charge in [0.25, 0.3) is 5.56 Å². The van der Waals surface area contributed by atoms with Crippen LogP contribution in [0.4, 0.5) is 0 Å². The summed E-state index contributed by atoms with van der Waals surface area (Å²) in [7, 11) is 0. The molecule has 0 unspecified atom stereocenters. The van der Waals surface area contributed by atoms with Crippen LogP contribution in [0.2, 0.25) is 0 Å². The molecule has 7 nitrogen and oxygen atoms in total. The van der Waals surface area contributed by atoms with Crippen LogP contribution in [-0.2, 0) is 11.3 Å². The first-order valence-corrected chi connectivity index (χ1v) is 10.0. The molecule has 0 fully saturated rings. The number of rotatable bonds is 5. The number of carbonyl (C=O) groups is 1. The second-order valence-corrected chi connectivity index (χ2v) is 7.60. The van der Waals surface area contributed by atoms with E-state index in [4.69, 9.17) is 0 Å². The Balaban J connectivity index is 1.49. The SMILES string of the molecule is Cc1csc(-c2cccc(CNC(=O)[C@@H](C)n3nnc4ccccc4c3=O)c2)n1. The van der Waals surface area contributed by atoms with Crippen LogP contribution in [-0.4, -0.2) is 25.9 Å². The highest BCUT2D eigenvalue weighted by Gasteiger charge is 2.19. The van der Waals surface area contributed by atoms with E-state index in [-0.39, 0.29) is 11.5 Å². The first kappa shape index (κ1) is 18.9. The molecule has 0 saturated heterocycles. The third kappa shape index (κ3) is 3.93. The van der Waals surface area contributed by atoms with Gasteiger partial charge in [-0.05, 0) is 37.6 Å². The molecule has 146 valence electrons. The zero-order valence-electron chi connectivity index (χ0n) is 16.0. The number of thiazole rings is 1. The lowest BCUT2D eigenvalue weighted by Gasteiger charge is -2.14. The molecule has 2 aromatic carbocycles. The van der Waals surface area contributed by atoms with Gasteiger partial charge in [-0.2, -0.15) is 4.68 Å². The molecule has 1 amide bonds. The summed E-state index contributed by atoms with van der Waals surface area (Å²) in [6, 6.07) is 14.1. The molecule has 0 radical (unpaired) electrons. The molecule has 0 spiro atoms. The van der Waals surface area contributed by atoms with E-state index < -0.39 is 6.04 Å². The van der Waals surface area contributed by atoms with Gasteiger partial charge in [0, 0.05) is 23.2 Å². The Morgan fingerprint density at radius 3 is 2.83 bits per heavy atom. The minimum atomic E-state index is -0.774. The van der Waals surface area contributed by atoms with Crippen LogP contribution < -0.4 is 10.9 Å². The molecule has 0 bridgehead atoms. The van der Waals surface area contributed by atoms with Crippen LogP contribution >= 0.6 is 11.3 Å². The van der Waals surface area contributed by atoms with Crippen molar-refractivity contribution >= 4 is 28.1 Å². The van der Waals surface area contributed by atoms with Crippen LogP contribution in [0.5, 0.6) is 0 Å². The van der Waals surface area contributed by atoms with Crippen molar-refractivity contribution in [3.05, 3.63) is 75.5 Å². The second-order valence-electron chi connectivity index (χ2n) is 6.74. The third-order valence-electron chi connectivity index (χ3n) is 4.60. The van der Waals surface area contributed by atoms with E-state index in [2.05, 4.69) is 20.6 Å². The predicted molar refractivity (Wildman–Crippen MR) is 113 cm³/mol. The van der Waals surface area contributed by atoms with E-state index in [1.54, 1.807) is 42.5 Å². The molecule has 2 aromatic heterocycles. The van der Waals surface area contributed by atoms with Crippen molar-refractivity contribution < 1.29 is 4.79 Å². The van der Waals surface area contributed by atoms with E-state index >= 15 is 0 Å². The summed E-state index contributed by atoms with van der Waals surface area (Å²) in [5.74, 6) is -0.299. The monoisotopic (exact) mass is 405 g/mol. The molecule has 8 heteroatoms. The summed E-state index contributed by atoms with van der Waals surface area (Å²) in [5.41, 5.74) is 3.13. The lowest BCUT2D eigenvalue weighted by atomic mass is 10.1. The summed E-state index contributed by atoms with van der Waals surface area (Å²) in [6.07, 6.45) is 0. The van der Waals surface area contributed by atoms with Gasteiger partial charge in [-0.3, -0.25) is 9.59 Å². The first-order chi connectivity index (χ1) is 14.0. The van der Waals surface area contributed by atoms with Gasteiger partial charge in [-0.15, -0.1) is 16.4 Å². The Morgan fingerprint density at radius 1 is 1.21 bits per heavy atom. The molecule has 0 aliphatic rings. The maximum Gasteiger partial charge on any atom is 0.278 e. The number of hydrogen-bond acceptors (Lipinski definition) is 6. The number of aromatic nitrogens is 4.